The molecule has 1 spiro atoms. The Labute approximate surface area is 182 Å². The number of imide groups is 1. The average Bonchev–Trinajstić information content (AvgIpc) is 3.31. The van der Waals surface area contributed by atoms with Crippen molar-refractivity contribution < 1.29 is 14.4 Å². The van der Waals surface area contributed by atoms with Gasteiger partial charge in [-0.1, -0.05) is 38.0 Å². The molecular formula is C24H30N4O3. The fourth-order valence-corrected chi connectivity index (χ4v) is 5.75. The molecule has 3 aliphatic rings. The van der Waals surface area contributed by atoms with Crippen molar-refractivity contribution in [3.05, 3.63) is 36.0 Å². The molecule has 7 heteroatoms. The van der Waals surface area contributed by atoms with E-state index in [2.05, 4.69) is 34.7 Å². The highest BCUT2D eigenvalue weighted by Crippen LogP contribution is 2.38. The Morgan fingerprint density at radius 2 is 1.90 bits per heavy atom. The largest absolute Gasteiger partial charge is 0.361 e. The first-order valence-corrected chi connectivity index (χ1v) is 11.5. The second kappa shape index (κ2) is 7.70. The van der Waals surface area contributed by atoms with Gasteiger partial charge < -0.3 is 15.2 Å². The first-order chi connectivity index (χ1) is 15.0. The van der Waals surface area contributed by atoms with E-state index in [4.69, 9.17) is 0 Å². The molecule has 4 amide bonds. The summed E-state index contributed by atoms with van der Waals surface area (Å²) in [7, 11) is 0. The maximum absolute atomic E-state index is 13.1. The molecule has 1 saturated carbocycles. The summed E-state index contributed by atoms with van der Waals surface area (Å²) in [5.41, 5.74) is 1.64. The molecule has 5 rings (SSSR count). The van der Waals surface area contributed by atoms with Crippen LogP contribution in [0.4, 0.5) is 4.79 Å². The van der Waals surface area contributed by atoms with E-state index in [0.717, 1.165) is 42.5 Å². The molecule has 0 bridgehead atoms. The fraction of sp³-hybridized carbons (Fsp3) is 0.542. The van der Waals surface area contributed by atoms with Gasteiger partial charge in [0.05, 0.1) is 0 Å². The first kappa shape index (κ1) is 20.1. The SMILES string of the molecule is CC1CCCCC12NC(=O)N(CC(=O)N1CCC(c3c[nH]c4ccccc34)CC1)C2=O. The number of rotatable bonds is 3. The zero-order valence-electron chi connectivity index (χ0n) is 18.0. The zero-order valence-corrected chi connectivity index (χ0v) is 18.0. The fourth-order valence-electron chi connectivity index (χ4n) is 5.75. The van der Waals surface area contributed by atoms with Crippen molar-refractivity contribution in [3.8, 4) is 0 Å². The summed E-state index contributed by atoms with van der Waals surface area (Å²) in [5.74, 6) is 0.154. The molecule has 2 saturated heterocycles. The van der Waals surface area contributed by atoms with Gasteiger partial charge in [-0.3, -0.25) is 14.5 Å². The van der Waals surface area contributed by atoms with E-state index in [9.17, 15) is 14.4 Å². The Morgan fingerprint density at radius 1 is 1.13 bits per heavy atom. The van der Waals surface area contributed by atoms with E-state index >= 15 is 0 Å². The standard InChI is InChI=1S/C24H30N4O3/c1-16-6-4-5-11-24(16)22(30)28(23(31)26-24)15-21(29)27-12-9-17(10-13-27)19-14-25-20-8-3-2-7-18(19)20/h2-3,7-8,14,16-17,25H,4-6,9-13,15H2,1H3,(H,26,31). The van der Waals surface area contributed by atoms with Crippen molar-refractivity contribution in [1.29, 1.82) is 0 Å². The number of fused-ring (bicyclic) bond motifs is 1. The monoisotopic (exact) mass is 422 g/mol. The third-order valence-electron chi connectivity index (χ3n) is 7.70. The summed E-state index contributed by atoms with van der Waals surface area (Å²) >= 11 is 0. The summed E-state index contributed by atoms with van der Waals surface area (Å²) in [6.45, 7) is 3.16. The van der Waals surface area contributed by atoms with Gasteiger partial charge in [-0.05, 0) is 49.1 Å². The first-order valence-electron chi connectivity index (χ1n) is 11.5. The van der Waals surface area contributed by atoms with Crippen LogP contribution >= 0.6 is 0 Å². The van der Waals surface area contributed by atoms with Crippen LogP contribution in [0.5, 0.6) is 0 Å². The number of para-hydroxylation sites is 1. The summed E-state index contributed by atoms with van der Waals surface area (Å²) < 4.78 is 0. The van der Waals surface area contributed by atoms with Gasteiger partial charge in [0.15, 0.2) is 0 Å². The van der Waals surface area contributed by atoms with Gasteiger partial charge in [0, 0.05) is 30.2 Å². The van der Waals surface area contributed by atoms with E-state index in [0.29, 0.717) is 25.4 Å². The van der Waals surface area contributed by atoms with Crippen LogP contribution in [0, 0.1) is 5.92 Å². The Hall–Kier alpha value is -2.83. The normalized spacial score (nSPS) is 27.3. The smallest absolute Gasteiger partial charge is 0.325 e. The van der Waals surface area contributed by atoms with Crippen molar-refractivity contribution >= 4 is 28.7 Å². The number of benzene rings is 1. The van der Waals surface area contributed by atoms with Gasteiger partial charge >= 0.3 is 6.03 Å². The van der Waals surface area contributed by atoms with Crippen LogP contribution in [0.25, 0.3) is 10.9 Å². The van der Waals surface area contributed by atoms with Crippen LogP contribution in [0.3, 0.4) is 0 Å². The Bertz CT molecular complexity index is 1020. The van der Waals surface area contributed by atoms with Gasteiger partial charge in [-0.2, -0.15) is 0 Å². The lowest BCUT2D eigenvalue weighted by Crippen LogP contribution is -2.54. The number of amides is 4. The number of piperidine rings is 1. The lowest BCUT2D eigenvalue weighted by atomic mass is 9.73. The summed E-state index contributed by atoms with van der Waals surface area (Å²) in [6, 6.07) is 7.88. The zero-order chi connectivity index (χ0) is 21.6. The molecule has 7 nitrogen and oxygen atoms in total. The highest BCUT2D eigenvalue weighted by Gasteiger charge is 2.55. The van der Waals surface area contributed by atoms with Crippen molar-refractivity contribution in [3.63, 3.8) is 0 Å². The van der Waals surface area contributed by atoms with Crippen LogP contribution in [0.2, 0.25) is 0 Å². The number of nitrogens with zero attached hydrogens (tertiary/aromatic N) is 2. The lowest BCUT2D eigenvalue weighted by molar-refractivity contribution is -0.141. The summed E-state index contributed by atoms with van der Waals surface area (Å²) in [6.07, 6.45) is 7.46. The minimum absolute atomic E-state index is 0.102. The number of aromatic nitrogens is 1. The topological polar surface area (TPSA) is 85.5 Å². The molecule has 2 N–H and O–H groups in total. The van der Waals surface area contributed by atoms with Crippen LogP contribution in [0.1, 0.15) is 56.9 Å². The molecule has 2 aliphatic heterocycles. The number of urea groups is 1. The quantitative estimate of drug-likeness (QED) is 0.744. The average molecular weight is 423 g/mol. The number of likely N-dealkylation sites (tertiary alicyclic amines) is 1. The van der Waals surface area contributed by atoms with Crippen LogP contribution in [-0.2, 0) is 9.59 Å². The molecule has 2 aromatic rings. The minimum Gasteiger partial charge on any atom is -0.361 e. The van der Waals surface area contributed by atoms with E-state index < -0.39 is 11.6 Å². The summed E-state index contributed by atoms with van der Waals surface area (Å²) in [5, 5.41) is 4.18. The number of hydrogen-bond donors (Lipinski definition) is 2. The lowest BCUT2D eigenvalue weighted by Gasteiger charge is -2.37. The van der Waals surface area contributed by atoms with Gasteiger partial charge in [0.2, 0.25) is 5.91 Å². The van der Waals surface area contributed by atoms with E-state index in [1.165, 1.54) is 10.9 Å². The second-order valence-corrected chi connectivity index (χ2v) is 9.38. The third-order valence-corrected chi connectivity index (χ3v) is 7.70. The number of carbonyl (C=O) groups is 3. The third kappa shape index (κ3) is 3.30. The molecule has 0 radical (unpaired) electrons. The molecule has 1 aliphatic carbocycles. The van der Waals surface area contributed by atoms with E-state index in [1.54, 1.807) is 4.90 Å². The van der Waals surface area contributed by atoms with Crippen LogP contribution in [0.15, 0.2) is 30.5 Å². The Kier molecular flexibility index (Phi) is 4.99. The second-order valence-electron chi connectivity index (χ2n) is 9.38. The number of carbonyl (C=O) groups excluding carboxylic acids is 3. The molecule has 1 aromatic carbocycles. The van der Waals surface area contributed by atoms with Gasteiger partial charge in [0.1, 0.15) is 12.1 Å². The number of hydrogen-bond acceptors (Lipinski definition) is 3. The number of H-pyrrole nitrogens is 1. The van der Waals surface area contributed by atoms with E-state index in [1.807, 2.05) is 13.0 Å². The van der Waals surface area contributed by atoms with Crippen LogP contribution in [-0.4, -0.2) is 57.8 Å². The van der Waals surface area contributed by atoms with Gasteiger partial charge in [0.25, 0.3) is 5.91 Å². The van der Waals surface area contributed by atoms with Crippen molar-refractivity contribution in [1.82, 2.24) is 20.1 Å². The molecule has 3 fully saturated rings. The Balaban J connectivity index is 1.22. The van der Waals surface area contributed by atoms with Crippen molar-refractivity contribution in [2.24, 2.45) is 5.92 Å². The van der Waals surface area contributed by atoms with Gasteiger partial charge in [-0.25, -0.2) is 4.79 Å². The van der Waals surface area contributed by atoms with E-state index in [-0.39, 0.29) is 24.3 Å². The highest BCUT2D eigenvalue weighted by molar-refractivity contribution is 6.09. The molecule has 31 heavy (non-hydrogen) atoms. The van der Waals surface area contributed by atoms with Crippen LogP contribution < -0.4 is 5.32 Å². The maximum atomic E-state index is 13.1. The molecule has 2 atom stereocenters. The predicted octanol–water partition coefficient (Wildman–Crippen LogP) is 3.37. The number of nitrogens with one attached hydrogen (secondary N) is 2. The minimum atomic E-state index is -0.808. The number of aromatic amines is 1. The van der Waals surface area contributed by atoms with Crippen molar-refractivity contribution in [2.45, 2.75) is 56.9 Å². The van der Waals surface area contributed by atoms with Gasteiger partial charge in [-0.15, -0.1) is 0 Å². The highest BCUT2D eigenvalue weighted by atomic mass is 16.2. The molecule has 1 aromatic heterocycles. The Morgan fingerprint density at radius 3 is 2.68 bits per heavy atom. The molecule has 2 unspecified atom stereocenters. The summed E-state index contributed by atoms with van der Waals surface area (Å²) in [4.78, 5) is 44.9. The predicted molar refractivity (Wildman–Crippen MR) is 117 cm³/mol. The molecule has 3 heterocycles. The molecular weight excluding hydrogens is 392 g/mol. The molecule has 164 valence electrons. The maximum Gasteiger partial charge on any atom is 0.325 e. The van der Waals surface area contributed by atoms with Crippen molar-refractivity contribution in [2.75, 3.05) is 19.6 Å².